The van der Waals surface area contributed by atoms with Crippen molar-refractivity contribution in [3.8, 4) is 17.4 Å². The number of rotatable bonds is 6. The van der Waals surface area contributed by atoms with Crippen LogP contribution >= 0.6 is 0 Å². The van der Waals surface area contributed by atoms with E-state index in [9.17, 15) is 15.0 Å². The lowest BCUT2D eigenvalue weighted by Gasteiger charge is -2.32. The van der Waals surface area contributed by atoms with Crippen LogP contribution in [-0.2, 0) is 6.54 Å². The molecule has 1 aromatic heterocycles. The molecule has 2 aliphatic rings. The number of carbonyl (C=O) groups is 1. The standard InChI is InChI=1S/C30H30N4O5/c1-33-10-12-34(13-11-33)18-19-2-6-22(7-3-19)31-28(20-5-9-25-26(17-20)39-15-14-38-25)27-23-8-4-21(30(36)37)16-24(23)32-29(27)35/h2-9,16-17,32,35H,10-15,18H2,1H3,(H,36,37). The van der Waals surface area contributed by atoms with E-state index >= 15 is 0 Å². The summed E-state index contributed by atoms with van der Waals surface area (Å²) >= 11 is 0. The fourth-order valence-electron chi connectivity index (χ4n) is 5.08. The summed E-state index contributed by atoms with van der Waals surface area (Å²) < 4.78 is 11.5. The van der Waals surface area contributed by atoms with Gasteiger partial charge in [0.1, 0.15) is 13.2 Å². The van der Waals surface area contributed by atoms with Gasteiger partial charge < -0.3 is 29.6 Å². The number of aromatic amines is 1. The molecule has 6 rings (SSSR count). The molecule has 0 unspecified atom stereocenters. The third-order valence-electron chi connectivity index (χ3n) is 7.26. The van der Waals surface area contributed by atoms with Gasteiger partial charge in [0.15, 0.2) is 17.4 Å². The summed E-state index contributed by atoms with van der Waals surface area (Å²) in [4.78, 5) is 24.2. The van der Waals surface area contributed by atoms with Crippen LogP contribution in [0.3, 0.4) is 0 Å². The van der Waals surface area contributed by atoms with Crippen molar-refractivity contribution in [2.24, 2.45) is 4.99 Å². The quantitative estimate of drug-likeness (QED) is 0.322. The molecule has 0 spiro atoms. The van der Waals surface area contributed by atoms with Crippen molar-refractivity contribution in [2.75, 3.05) is 46.4 Å². The van der Waals surface area contributed by atoms with Crippen molar-refractivity contribution in [3.63, 3.8) is 0 Å². The summed E-state index contributed by atoms with van der Waals surface area (Å²) in [7, 11) is 2.15. The van der Waals surface area contributed by atoms with Gasteiger partial charge in [-0.05, 0) is 55.1 Å². The molecule has 0 radical (unpaired) electrons. The van der Waals surface area contributed by atoms with Crippen molar-refractivity contribution < 1.29 is 24.5 Å². The van der Waals surface area contributed by atoms with Crippen molar-refractivity contribution in [3.05, 3.63) is 82.9 Å². The maximum absolute atomic E-state index is 11.5. The Balaban J connectivity index is 1.40. The van der Waals surface area contributed by atoms with Gasteiger partial charge in [-0.25, -0.2) is 9.79 Å². The summed E-state index contributed by atoms with van der Waals surface area (Å²) in [6, 6.07) is 18.5. The monoisotopic (exact) mass is 526 g/mol. The van der Waals surface area contributed by atoms with Gasteiger partial charge in [-0.15, -0.1) is 0 Å². The number of aromatic hydroxyl groups is 1. The van der Waals surface area contributed by atoms with Gasteiger partial charge in [-0.2, -0.15) is 0 Å². The molecule has 1 saturated heterocycles. The molecule has 3 aromatic carbocycles. The lowest BCUT2D eigenvalue weighted by molar-refractivity contribution is 0.0697. The van der Waals surface area contributed by atoms with E-state index in [0.717, 1.165) is 44.0 Å². The van der Waals surface area contributed by atoms with Crippen molar-refractivity contribution >= 4 is 28.3 Å². The van der Waals surface area contributed by atoms with Gasteiger partial charge in [-0.3, -0.25) is 4.90 Å². The van der Waals surface area contributed by atoms with Gasteiger partial charge in [0.25, 0.3) is 0 Å². The Morgan fingerprint density at radius 2 is 1.64 bits per heavy atom. The molecule has 0 aliphatic carbocycles. The number of hydrogen-bond acceptors (Lipinski definition) is 7. The summed E-state index contributed by atoms with van der Waals surface area (Å²) in [6.07, 6.45) is 0. The molecule has 2 aliphatic heterocycles. The SMILES string of the molecule is CN1CCN(Cc2ccc(N=C(c3ccc4c(c3)OCCO4)c3c(O)[nH]c4cc(C(=O)O)ccc34)cc2)CC1. The normalized spacial score (nSPS) is 16.5. The highest BCUT2D eigenvalue weighted by Crippen LogP contribution is 2.36. The van der Waals surface area contributed by atoms with E-state index in [2.05, 4.69) is 34.0 Å². The van der Waals surface area contributed by atoms with Crippen molar-refractivity contribution in [1.29, 1.82) is 0 Å². The maximum Gasteiger partial charge on any atom is 0.335 e. The van der Waals surface area contributed by atoms with E-state index in [1.165, 1.54) is 17.7 Å². The van der Waals surface area contributed by atoms with E-state index in [4.69, 9.17) is 14.5 Å². The second-order valence-corrected chi connectivity index (χ2v) is 9.98. The average molecular weight is 527 g/mol. The van der Waals surface area contributed by atoms with Crippen LogP contribution in [0.2, 0.25) is 0 Å². The van der Waals surface area contributed by atoms with Crippen molar-refractivity contribution in [1.82, 2.24) is 14.8 Å². The number of aromatic carboxylic acids is 1. The summed E-state index contributed by atoms with van der Waals surface area (Å²) in [6.45, 7) is 6.08. The number of piperazine rings is 1. The average Bonchev–Trinajstić information content (AvgIpc) is 3.28. The number of aromatic nitrogens is 1. The molecule has 0 bridgehead atoms. The minimum atomic E-state index is -1.04. The van der Waals surface area contributed by atoms with Crippen LogP contribution in [0, 0.1) is 0 Å². The molecule has 0 atom stereocenters. The van der Waals surface area contributed by atoms with Gasteiger partial charge in [0.2, 0.25) is 0 Å². The largest absolute Gasteiger partial charge is 0.494 e. The van der Waals surface area contributed by atoms with E-state index < -0.39 is 5.97 Å². The molecule has 0 saturated carbocycles. The first-order valence-corrected chi connectivity index (χ1v) is 13.0. The Kier molecular flexibility index (Phi) is 6.68. The number of benzene rings is 3. The topological polar surface area (TPSA) is 111 Å². The second-order valence-electron chi connectivity index (χ2n) is 9.98. The molecule has 1 fully saturated rings. The zero-order valence-electron chi connectivity index (χ0n) is 21.7. The van der Waals surface area contributed by atoms with E-state index in [1.807, 2.05) is 30.3 Å². The Hall–Kier alpha value is -4.34. The number of nitrogens with one attached hydrogen (secondary N) is 1. The van der Waals surface area contributed by atoms with Crippen LogP contribution in [0.25, 0.3) is 10.9 Å². The third-order valence-corrected chi connectivity index (χ3v) is 7.26. The van der Waals surface area contributed by atoms with Gasteiger partial charge in [-0.1, -0.05) is 18.2 Å². The van der Waals surface area contributed by atoms with Crippen LogP contribution < -0.4 is 9.47 Å². The van der Waals surface area contributed by atoms with Crippen molar-refractivity contribution in [2.45, 2.75) is 6.54 Å². The Morgan fingerprint density at radius 1 is 0.923 bits per heavy atom. The first-order valence-electron chi connectivity index (χ1n) is 13.0. The van der Waals surface area contributed by atoms with Gasteiger partial charge in [0, 0.05) is 49.2 Å². The highest BCUT2D eigenvalue weighted by molar-refractivity contribution is 6.22. The Bertz CT molecular complexity index is 1550. The second kappa shape index (κ2) is 10.4. The lowest BCUT2D eigenvalue weighted by atomic mass is 9.99. The van der Waals surface area contributed by atoms with Crippen LogP contribution in [0.1, 0.15) is 27.0 Å². The molecular weight excluding hydrogens is 496 g/mol. The number of likely N-dealkylation sites (N-methyl/N-ethyl adjacent to an activating group) is 1. The number of carboxylic acid groups (broad SMARTS) is 1. The van der Waals surface area contributed by atoms with E-state index in [0.29, 0.717) is 46.9 Å². The summed E-state index contributed by atoms with van der Waals surface area (Å²) in [5.41, 5.74) is 4.35. The summed E-state index contributed by atoms with van der Waals surface area (Å²) in [5, 5.41) is 21.1. The predicted molar refractivity (Wildman–Crippen MR) is 149 cm³/mol. The number of ether oxygens (including phenoxy) is 2. The van der Waals surface area contributed by atoms with E-state index in [-0.39, 0.29) is 11.4 Å². The smallest absolute Gasteiger partial charge is 0.335 e. The van der Waals surface area contributed by atoms with Gasteiger partial charge in [0.05, 0.1) is 22.5 Å². The maximum atomic E-state index is 11.5. The number of nitrogens with zero attached hydrogens (tertiary/aromatic N) is 3. The van der Waals surface area contributed by atoms with E-state index in [1.54, 1.807) is 6.07 Å². The number of carboxylic acids is 1. The number of aliphatic imine (C=N–C) groups is 1. The molecule has 9 nitrogen and oxygen atoms in total. The molecule has 39 heavy (non-hydrogen) atoms. The first kappa shape index (κ1) is 25.0. The molecular formula is C30H30N4O5. The Morgan fingerprint density at radius 3 is 2.38 bits per heavy atom. The third kappa shape index (κ3) is 5.19. The first-order chi connectivity index (χ1) is 18.9. The Labute approximate surface area is 225 Å². The number of fused-ring (bicyclic) bond motifs is 2. The fraction of sp³-hybridized carbons (Fsp3) is 0.267. The predicted octanol–water partition coefficient (Wildman–Crippen LogP) is 4.26. The molecule has 200 valence electrons. The van der Waals surface area contributed by atoms with Crippen LogP contribution in [-0.4, -0.2) is 83.1 Å². The molecule has 4 aromatic rings. The lowest BCUT2D eigenvalue weighted by Crippen LogP contribution is -2.43. The minimum absolute atomic E-state index is 0.0899. The zero-order chi connectivity index (χ0) is 26.9. The van der Waals surface area contributed by atoms with Crippen LogP contribution in [0.15, 0.2) is 65.7 Å². The van der Waals surface area contributed by atoms with Crippen LogP contribution in [0.5, 0.6) is 17.4 Å². The fourth-order valence-corrected chi connectivity index (χ4v) is 5.08. The highest BCUT2D eigenvalue weighted by Gasteiger charge is 2.22. The molecule has 3 N–H and O–H groups in total. The number of hydrogen-bond donors (Lipinski definition) is 3. The zero-order valence-corrected chi connectivity index (χ0v) is 21.7. The molecule has 0 amide bonds. The highest BCUT2D eigenvalue weighted by atomic mass is 16.6. The minimum Gasteiger partial charge on any atom is -0.494 e. The molecule has 9 heteroatoms. The molecule has 3 heterocycles. The van der Waals surface area contributed by atoms with Crippen LogP contribution in [0.4, 0.5) is 5.69 Å². The van der Waals surface area contributed by atoms with Gasteiger partial charge >= 0.3 is 5.97 Å². The number of H-pyrrole nitrogens is 1. The summed E-state index contributed by atoms with van der Waals surface area (Å²) in [5.74, 6) is 0.145.